The highest BCUT2D eigenvalue weighted by Crippen LogP contribution is 2.14. The number of fused-ring (bicyclic) bond motifs is 1. The van der Waals surface area contributed by atoms with E-state index < -0.39 is 0 Å². The maximum absolute atomic E-state index is 12.7. The van der Waals surface area contributed by atoms with Crippen LogP contribution >= 0.6 is 0 Å². The second-order valence-electron chi connectivity index (χ2n) is 7.39. The zero-order valence-corrected chi connectivity index (χ0v) is 16.3. The topological polar surface area (TPSA) is 72.6 Å². The fourth-order valence-corrected chi connectivity index (χ4v) is 3.92. The summed E-state index contributed by atoms with van der Waals surface area (Å²) >= 11 is 0. The molecule has 2 aromatic rings. The van der Waals surface area contributed by atoms with Crippen molar-refractivity contribution in [2.24, 2.45) is 0 Å². The number of hydrogen-bond acceptors (Lipinski definition) is 5. The number of hydrogen-bond donors (Lipinski definition) is 0. The number of rotatable bonds is 5. The predicted octanol–water partition coefficient (Wildman–Crippen LogP) is 0.848. The highest BCUT2D eigenvalue weighted by molar-refractivity contribution is 5.94. The van der Waals surface area contributed by atoms with Crippen molar-refractivity contribution < 1.29 is 9.53 Å². The number of carbonyl (C=O) groups is 1. The molecule has 2 aliphatic heterocycles. The molecule has 0 radical (unpaired) electrons. The maximum atomic E-state index is 12.7. The Labute approximate surface area is 164 Å². The lowest BCUT2D eigenvalue weighted by Crippen LogP contribution is -2.49. The van der Waals surface area contributed by atoms with Gasteiger partial charge in [-0.25, -0.2) is 9.48 Å². The van der Waals surface area contributed by atoms with Crippen LogP contribution in [-0.4, -0.2) is 69.9 Å². The normalized spacial score (nSPS) is 17.4. The molecule has 8 nitrogen and oxygen atoms in total. The molecule has 8 heteroatoms. The Kier molecular flexibility index (Phi) is 5.47. The fraction of sp³-hybridized carbons (Fsp3) is 0.550. The average Bonchev–Trinajstić information content (AvgIpc) is 3.08. The van der Waals surface area contributed by atoms with E-state index in [0.29, 0.717) is 25.2 Å². The van der Waals surface area contributed by atoms with Crippen LogP contribution in [0.25, 0.3) is 0 Å². The van der Waals surface area contributed by atoms with Gasteiger partial charge in [-0.1, -0.05) is 0 Å². The van der Waals surface area contributed by atoms with Gasteiger partial charge in [-0.15, -0.1) is 0 Å². The third-order valence-corrected chi connectivity index (χ3v) is 5.66. The van der Waals surface area contributed by atoms with Crippen LogP contribution in [0.1, 0.15) is 29.0 Å². The lowest BCUT2D eigenvalue weighted by molar-refractivity contribution is 0.0631. The Hall–Kier alpha value is -2.61. The number of aryl methyl sites for hydroxylation is 1. The van der Waals surface area contributed by atoms with E-state index in [9.17, 15) is 9.59 Å². The number of methoxy groups -OCH3 is 1. The summed E-state index contributed by atoms with van der Waals surface area (Å²) in [5, 5.41) is 4.50. The molecule has 1 fully saturated rings. The smallest absolute Gasteiger partial charge is 0.345 e. The van der Waals surface area contributed by atoms with Gasteiger partial charge in [0, 0.05) is 51.3 Å². The second kappa shape index (κ2) is 8.18. The van der Waals surface area contributed by atoms with E-state index in [-0.39, 0.29) is 11.6 Å². The van der Waals surface area contributed by atoms with Gasteiger partial charge in [-0.2, -0.15) is 5.10 Å². The van der Waals surface area contributed by atoms with E-state index in [1.807, 2.05) is 21.6 Å². The first kappa shape index (κ1) is 18.7. The van der Waals surface area contributed by atoms with E-state index >= 15 is 0 Å². The van der Waals surface area contributed by atoms with Crippen LogP contribution in [-0.2, 0) is 19.5 Å². The summed E-state index contributed by atoms with van der Waals surface area (Å²) in [6, 6.07) is 7.23. The molecule has 1 aromatic carbocycles. The quantitative estimate of drug-likeness (QED) is 0.763. The molecule has 28 heavy (non-hydrogen) atoms. The van der Waals surface area contributed by atoms with Gasteiger partial charge in [0.05, 0.1) is 13.7 Å². The molecule has 1 aromatic heterocycles. The molecule has 3 heterocycles. The van der Waals surface area contributed by atoms with E-state index in [0.717, 1.165) is 57.0 Å². The Morgan fingerprint density at radius 2 is 1.79 bits per heavy atom. The van der Waals surface area contributed by atoms with Crippen molar-refractivity contribution >= 4 is 5.91 Å². The first-order valence-corrected chi connectivity index (χ1v) is 9.98. The van der Waals surface area contributed by atoms with E-state index in [1.54, 1.807) is 23.9 Å². The molecule has 0 unspecified atom stereocenters. The van der Waals surface area contributed by atoms with Crippen molar-refractivity contribution in [1.29, 1.82) is 0 Å². The summed E-state index contributed by atoms with van der Waals surface area (Å²) in [5.41, 5.74) is 0.701. The SMILES string of the molecule is COc1ccc(C(=O)N2CCN(CCn3nc4n(c3=O)CCCC4)CC2)cc1. The van der Waals surface area contributed by atoms with Crippen LogP contribution in [0.2, 0.25) is 0 Å². The lowest BCUT2D eigenvalue weighted by Gasteiger charge is -2.34. The van der Waals surface area contributed by atoms with Crippen molar-refractivity contribution in [3.63, 3.8) is 0 Å². The van der Waals surface area contributed by atoms with E-state index in [4.69, 9.17) is 4.74 Å². The fourth-order valence-electron chi connectivity index (χ4n) is 3.92. The molecule has 0 spiro atoms. The monoisotopic (exact) mass is 385 g/mol. The molecule has 1 amide bonds. The summed E-state index contributed by atoms with van der Waals surface area (Å²) in [7, 11) is 1.61. The zero-order chi connectivity index (χ0) is 19.5. The molecular formula is C20H27N5O3. The van der Waals surface area contributed by atoms with Gasteiger partial charge in [0.2, 0.25) is 0 Å². The molecule has 0 saturated carbocycles. The Bertz CT molecular complexity index is 878. The minimum Gasteiger partial charge on any atom is -0.497 e. The number of aromatic nitrogens is 3. The molecule has 0 bridgehead atoms. The highest BCUT2D eigenvalue weighted by Gasteiger charge is 2.23. The van der Waals surface area contributed by atoms with Gasteiger partial charge in [0.1, 0.15) is 11.6 Å². The molecule has 0 atom stereocenters. The first-order valence-electron chi connectivity index (χ1n) is 9.98. The summed E-state index contributed by atoms with van der Waals surface area (Å²) in [5.74, 6) is 1.73. The summed E-state index contributed by atoms with van der Waals surface area (Å²) in [6.45, 7) is 5.18. The van der Waals surface area contributed by atoms with E-state index in [2.05, 4.69) is 10.00 Å². The van der Waals surface area contributed by atoms with Crippen LogP contribution < -0.4 is 10.4 Å². The molecule has 0 N–H and O–H groups in total. The molecule has 2 aliphatic rings. The van der Waals surface area contributed by atoms with Crippen molar-refractivity contribution in [3.05, 3.63) is 46.1 Å². The van der Waals surface area contributed by atoms with Gasteiger partial charge in [0.15, 0.2) is 0 Å². The van der Waals surface area contributed by atoms with Crippen molar-refractivity contribution in [2.45, 2.75) is 32.4 Å². The van der Waals surface area contributed by atoms with Gasteiger partial charge in [-0.3, -0.25) is 14.3 Å². The summed E-state index contributed by atoms with van der Waals surface area (Å²) in [4.78, 5) is 29.2. The summed E-state index contributed by atoms with van der Waals surface area (Å²) in [6.07, 6.45) is 3.07. The largest absolute Gasteiger partial charge is 0.497 e. The van der Waals surface area contributed by atoms with Crippen LogP contribution in [0.3, 0.4) is 0 Å². The van der Waals surface area contributed by atoms with Gasteiger partial charge < -0.3 is 9.64 Å². The Morgan fingerprint density at radius 1 is 1.04 bits per heavy atom. The number of carbonyl (C=O) groups excluding carboxylic acids is 1. The number of benzene rings is 1. The average molecular weight is 385 g/mol. The Morgan fingerprint density at radius 3 is 2.46 bits per heavy atom. The van der Waals surface area contributed by atoms with Crippen molar-refractivity contribution in [1.82, 2.24) is 24.1 Å². The number of amides is 1. The summed E-state index contributed by atoms with van der Waals surface area (Å²) < 4.78 is 8.57. The first-order chi connectivity index (χ1) is 13.7. The predicted molar refractivity (Wildman–Crippen MR) is 105 cm³/mol. The van der Waals surface area contributed by atoms with Crippen LogP contribution in [0.5, 0.6) is 5.75 Å². The van der Waals surface area contributed by atoms with Crippen molar-refractivity contribution in [2.75, 3.05) is 39.8 Å². The molecule has 150 valence electrons. The van der Waals surface area contributed by atoms with Gasteiger partial charge in [0.25, 0.3) is 5.91 Å². The minimum absolute atomic E-state index is 0.0167. The van der Waals surface area contributed by atoms with Gasteiger partial charge in [-0.05, 0) is 37.1 Å². The second-order valence-corrected chi connectivity index (χ2v) is 7.39. The minimum atomic E-state index is 0.0167. The number of ether oxygens (including phenoxy) is 1. The van der Waals surface area contributed by atoms with Crippen molar-refractivity contribution in [3.8, 4) is 5.75 Å². The molecule has 4 rings (SSSR count). The highest BCUT2D eigenvalue weighted by atomic mass is 16.5. The standard InChI is InChI=1S/C20H27N5O3/c1-28-17-7-5-16(6-8-17)19(26)23-13-10-22(11-14-23)12-15-25-20(27)24-9-3-2-4-18(24)21-25/h5-8H,2-4,9-15H2,1H3. The van der Waals surface area contributed by atoms with Crippen LogP contribution in [0.15, 0.2) is 29.1 Å². The number of piperazine rings is 1. The number of nitrogens with zero attached hydrogens (tertiary/aromatic N) is 5. The maximum Gasteiger partial charge on any atom is 0.345 e. The molecule has 0 aliphatic carbocycles. The van der Waals surface area contributed by atoms with Gasteiger partial charge >= 0.3 is 5.69 Å². The van der Waals surface area contributed by atoms with E-state index in [1.165, 1.54) is 0 Å². The Balaban J connectivity index is 1.29. The molecule has 1 saturated heterocycles. The third kappa shape index (κ3) is 3.82. The van der Waals surface area contributed by atoms with Crippen LogP contribution in [0, 0.1) is 0 Å². The third-order valence-electron chi connectivity index (χ3n) is 5.66. The zero-order valence-electron chi connectivity index (χ0n) is 16.3. The molecular weight excluding hydrogens is 358 g/mol. The lowest BCUT2D eigenvalue weighted by atomic mass is 10.1. The van der Waals surface area contributed by atoms with Crippen LogP contribution in [0.4, 0.5) is 0 Å².